The van der Waals surface area contributed by atoms with Gasteiger partial charge in [-0.05, 0) is 25.2 Å². The van der Waals surface area contributed by atoms with Gasteiger partial charge in [-0.15, -0.1) is 0 Å². The summed E-state index contributed by atoms with van der Waals surface area (Å²) in [5.41, 5.74) is 4.51. The van der Waals surface area contributed by atoms with Gasteiger partial charge in [-0.2, -0.15) is 0 Å². The van der Waals surface area contributed by atoms with Crippen molar-refractivity contribution in [2.24, 2.45) is 11.7 Å². The molecule has 6 nitrogen and oxygen atoms in total. The third-order valence-corrected chi connectivity index (χ3v) is 3.92. The summed E-state index contributed by atoms with van der Waals surface area (Å²) in [6.07, 6.45) is 2.50. The molecule has 0 aliphatic carbocycles. The van der Waals surface area contributed by atoms with Crippen LogP contribution in [0, 0.1) is 5.92 Å². The lowest BCUT2D eigenvalue weighted by molar-refractivity contribution is -0.142. The molecule has 0 spiro atoms. The molecule has 2 rings (SSSR count). The zero-order chi connectivity index (χ0) is 13.3. The van der Waals surface area contributed by atoms with Crippen LogP contribution in [0.1, 0.15) is 26.2 Å². The van der Waals surface area contributed by atoms with Crippen LogP contribution in [0.4, 0.5) is 4.79 Å². The van der Waals surface area contributed by atoms with E-state index in [0.717, 1.165) is 25.9 Å². The molecule has 2 amide bonds. The summed E-state index contributed by atoms with van der Waals surface area (Å²) in [6, 6.07) is -0.0601. The molecule has 0 aromatic rings. The minimum Gasteiger partial charge on any atom is -0.480 e. The van der Waals surface area contributed by atoms with Crippen molar-refractivity contribution < 1.29 is 14.7 Å². The van der Waals surface area contributed by atoms with Gasteiger partial charge in [-0.1, -0.05) is 6.92 Å². The van der Waals surface area contributed by atoms with Gasteiger partial charge in [-0.25, -0.2) is 4.79 Å². The average molecular weight is 255 g/mol. The summed E-state index contributed by atoms with van der Waals surface area (Å²) in [7, 11) is 0. The van der Waals surface area contributed by atoms with E-state index in [1.165, 1.54) is 0 Å². The predicted octanol–water partition coefficient (Wildman–Crippen LogP) is 0.326. The molecule has 0 bridgehead atoms. The van der Waals surface area contributed by atoms with Crippen LogP contribution in [-0.2, 0) is 4.79 Å². The normalized spacial score (nSPS) is 32.7. The fourth-order valence-corrected chi connectivity index (χ4v) is 2.73. The molecule has 2 saturated heterocycles. The minimum absolute atomic E-state index is 0.0601. The first-order chi connectivity index (χ1) is 8.42. The summed E-state index contributed by atoms with van der Waals surface area (Å²) < 4.78 is 0. The van der Waals surface area contributed by atoms with E-state index in [4.69, 9.17) is 10.8 Å². The van der Waals surface area contributed by atoms with Crippen molar-refractivity contribution in [1.29, 1.82) is 0 Å². The number of likely N-dealkylation sites (tertiary alicyclic amines) is 2. The van der Waals surface area contributed by atoms with Crippen molar-refractivity contribution in [3.05, 3.63) is 0 Å². The van der Waals surface area contributed by atoms with E-state index in [1.807, 2.05) is 4.90 Å². The lowest BCUT2D eigenvalue weighted by atomic mass is 10.0. The van der Waals surface area contributed by atoms with Gasteiger partial charge in [0.1, 0.15) is 5.54 Å². The number of amides is 2. The van der Waals surface area contributed by atoms with Crippen molar-refractivity contribution in [1.82, 2.24) is 9.80 Å². The Kier molecular flexibility index (Phi) is 3.47. The number of nitrogens with zero attached hydrogens (tertiary/aromatic N) is 2. The molecule has 2 unspecified atom stereocenters. The number of nitrogens with two attached hydrogens (primary N) is 1. The largest absolute Gasteiger partial charge is 0.480 e. The standard InChI is InChI=1S/C12H21N3O3/c1-9-3-2-5-14(7-9)11(18)15-6-4-12(13,8-15)10(16)17/h9H,2-8,13H2,1H3,(H,16,17). The van der Waals surface area contributed by atoms with Crippen LogP contribution in [-0.4, -0.2) is 58.6 Å². The number of carbonyl (C=O) groups is 2. The molecule has 0 saturated carbocycles. The quantitative estimate of drug-likeness (QED) is 0.706. The number of piperidine rings is 1. The summed E-state index contributed by atoms with van der Waals surface area (Å²) in [6.45, 7) is 4.22. The van der Waals surface area contributed by atoms with Crippen molar-refractivity contribution in [3.8, 4) is 0 Å². The molecule has 102 valence electrons. The molecular formula is C12H21N3O3. The molecular weight excluding hydrogens is 234 g/mol. The molecule has 6 heteroatoms. The summed E-state index contributed by atoms with van der Waals surface area (Å²) in [4.78, 5) is 26.7. The molecule has 2 aliphatic heterocycles. The molecule has 3 N–H and O–H groups in total. The average Bonchev–Trinajstić information content (AvgIpc) is 2.72. The predicted molar refractivity (Wildman–Crippen MR) is 66.1 cm³/mol. The van der Waals surface area contributed by atoms with E-state index < -0.39 is 11.5 Å². The zero-order valence-corrected chi connectivity index (χ0v) is 10.8. The number of urea groups is 1. The maximum atomic E-state index is 12.3. The number of carboxylic acids is 1. The highest BCUT2D eigenvalue weighted by molar-refractivity contribution is 5.82. The Morgan fingerprint density at radius 3 is 2.61 bits per heavy atom. The van der Waals surface area contributed by atoms with Crippen LogP contribution in [0.3, 0.4) is 0 Å². The third kappa shape index (κ3) is 2.43. The molecule has 2 aliphatic rings. The van der Waals surface area contributed by atoms with Gasteiger partial charge in [0, 0.05) is 19.6 Å². The van der Waals surface area contributed by atoms with E-state index in [9.17, 15) is 9.59 Å². The number of carbonyl (C=O) groups excluding carboxylic acids is 1. The van der Waals surface area contributed by atoms with Gasteiger partial charge in [-0.3, -0.25) is 4.79 Å². The van der Waals surface area contributed by atoms with E-state index in [2.05, 4.69) is 6.92 Å². The second-order valence-electron chi connectivity index (χ2n) is 5.61. The molecule has 2 heterocycles. The lowest BCUT2D eigenvalue weighted by Crippen LogP contribution is -2.53. The Morgan fingerprint density at radius 2 is 2.06 bits per heavy atom. The molecule has 0 aromatic carbocycles. The van der Waals surface area contributed by atoms with E-state index in [-0.39, 0.29) is 12.6 Å². The molecule has 2 fully saturated rings. The third-order valence-electron chi connectivity index (χ3n) is 3.92. The van der Waals surface area contributed by atoms with Crippen LogP contribution < -0.4 is 5.73 Å². The maximum absolute atomic E-state index is 12.3. The van der Waals surface area contributed by atoms with Gasteiger partial charge in [0.2, 0.25) is 0 Å². The van der Waals surface area contributed by atoms with Crippen LogP contribution in [0.2, 0.25) is 0 Å². The number of aliphatic carboxylic acids is 1. The Labute approximate surface area is 107 Å². The Balaban J connectivity index is 1.97. The maximum Gasteiger partial charge on any atom is 0.325 e. The van der Waals surface area contributed by atoms with Crippen molar-refractivity contribution >= 4 is 12.0 Å². The number of hydrogen-bond acceptors (Lipinski definition) is 3. The molecule has 18 heavy (non-hydrogen) atoms. The SMILES string of the molecule is CC1CCCN(C(=O)N2CCC(N)(C(=O)O)C2)C1. The first-order valence-electron chi connectivity index (χ1n) is 6.48. The number of hydrogen-bond donors (Lipinski definition) is 2. The fraction of sp³-hybridized carbons (Fsp3) is 0.833. The van der Waals surface area contributed by atoms with E-state index in [1.54, 1.807) is 4.90 Å². The first-order valence-corrected chi connectivity index (χ1v) is 6.48. The molecule has 0 aromatic heterocycles. The summed E-state index contributed by atoms with van der Waals surface area (Å²) >= 11 is 0. The summed E-state index contributed by atoms with van der Waals surface area (Å²) in [5, 5.41) is 9.05. The Morgan fingerprint density at radius 1 is 1.33 bits per heavy atom. The van der Waals surface area contributed by atoms with Crippen LogP contribution >= 0.6 is 0 Å². The molecule has 2 atom stereocenters. The highest BCUT2D eigenvalue weighted by Crippen LogP contribution is 2.23. The number of carboxylic acid groups (broad SMARTS) is 1. The van der Waals surface area contributed by atoms with Crippen LogP contribution in [0.5, 0.6) is 0 Å². The van der Waals surface area contributed by atoms with Gasteiger partial charge in [0.15, 0.2) is 0 Å². The van der Waals surface area contributed by atoms with Gasteiger partial charge in [0.25, 0.3) is 0 Å². The van der Waals surface area contributed by atoms with E-state index in [0.29, 0.717) is 18.9 Å². The van der Waals surface area contributed by atoms with Crippen LogP contribution in [0.25, 0.3) is 0 Å². The van der Waals surface area contributed by atoms with E-state index >= 15 is 0 Å². The highest BCUT2D eigenvalue weighted by Gasteiger charge is 2.44. The second kappa shape index (κ2) is 4.76. The molecule has 0 radical (unpaired) electrons. The van der Waals surface area contributed by atoms with Crippen molar-refractivity contribution in [2.45, 2.75) is 31.7 Å². The van der Waals surface area contributed by atoms with Crippen molar-refractivity contribution in [2.75, 3.05) is 26.2 Å². The lowest BCUT2D eigenvalue weighted by Gasteiger charge is -2.34. The topological polar surface area (TPSA) is 86.9 Å². The van der Waals surface area contributed by atoms with Crippen molar-refractivity contribution in [3.63, 3.8) is 0 Å². The van der Waals surface area contributed by atoms with Gasteiger partial charge < -0.3 is 20.6 Å². The monoisotopic (exact) mass is 255 g/mol. The summed E-state index contributed by atoms with van der Waals surface area (Å²) in [5.74, 6) is -0.503. The van der Waals surface area contributed by atoms with Crippen LogP contribution in [0.15, 0.2) is 0 Å². The number of rotatable bonds is 1. The van der Waals surface area contributed by atoms with Gasteiger partial charge in [0.05, 0.1) is 6.54 Å². The Hall–Kier alpha value is -1.30. The zero-order valence-electron chi connectivity index (χ0n) is 10.8. The second-order valence-corrected chi connectivity index (χ2v) is 5.61. The fourth-order valence-electron chi connectivity index (χ4n) is 2.73. The highest BCUT2D eigenvalue weighted by atomic mass is 16.4. The first kappa shape index (κ1) is 13.1. The minimum atomic E-state index is -1.27. The van der Waals surface area contributed by atoms with Gasteiger partial charge >= 0.3 is 12.0 Å². The Bertz CT molecular complexity index is 360. The smallest absolute Gasteiger partial charge is 0.325 e.